The molecule has 1 radical (unpaired) electrons. The fraction of sp³-hybridized carbons (Fsp3) is 1.00. The zero-order chi connectivity index (χ0) is 9.73. The number of unbranched alkanes of at least 4 members (excludes halogenated alkanes) is 2. The van der Waals surface area contributed by atoms with Crippen LogP contribution >= 0.6 is 11.1 Å². The van der Waals surface area contributed by atoms with Crippen molar-refractivity contribution in [1.29, 1.82) is 0 Å². The Hall–Kier alpha value is 0.724. The summed E-state index contributed by atoms with van der Waals surface area (Å²) >= 11 is 6.23. The molecule has 0 nitrogen and oxygen atoms in total. The SMILES string of the molecule is CCCC[Si]1(CCCC)C[Si](Cl)C1. The van der Waals surface area contributed by atoms with Gasteiger partial charge in [0.05, 0.1) is 8.07 Å². The van der Waals surface area contributed by atoms with Gasteiger partial charge in [-0.3, -0.25) is 0 Å². The molecule has 0 aromatic carbocycles. The standard InChI is InChI=1S/C10H22ClSi2/c1-3-5-7-13(8-6-4-2)9-12(11)10-13/h3-10H2,1-2H3. The number of hydrogen-bond acceptors (Lipinski definition) is 0. The number of halogens is 1. The van der Waals surface area contributed by atoms with E-state index in [9.17, 15) is 0 Å². The van der Waals surface area contributed by atoms with E-state index < -0.39 is 8.07 Å². The summed E-state index contributed by atoms with van der Waals surface area (Å²) in [5.41, 5.74) is 3.05. The minimum atomic E-state index is -0.735. The van der Waals surface area contributed by atoms with Crippen LogP contribution in [0.25, 0.3) is 0 Å². The number of hydrogen-bond donors (Lipinski definition) is 0. The van der Waals surface area contributed by atoms with E-state index >= 15 is 0 Å². The van der Waals surface area contributed by atoms with Crippen LogP contribution < -0.4 is 0 Å². The van der Waals surface area contributed by atoms with Crippen LogP contribution in [-0.2, 0) is 0 Å². The molecule has 1 aliphatic rings. The second-order valence-electron chi connectivity index (χ2n) is 4.58. The summed E-state index contributed by atoms with van der Waals surface area (Å²) in [5, 5.41) is 0. The minimum absolute atomic E-state index is 0.325. The van der Waals surface area contributed by atoms with Gasteiger partial charge in [-0.05, 0) is 11.3 Å². The van der Waals surface area contributed by atoms with Crippen LogP contribution in [0.2, 0.25) is 23.4 Å². The van der Waals surface area contributed by atoms with Gasteiger partial charge in [0.15, 0.2) is 8.11 Å². The highest BCUT2D eigenvalue weighted by Gasteiger charge is 2.45. The lowest BCUT2D eigenvalue weighted by Crippen LogP contribution is -2.50. The molecule has 13 heavy (non-hydrogen) atoms. The monoisotopic (exact) mass is 233 g/mol. The summed E-state index contributed by atoms with van der Waals surface area (Å²) in [6, 6.07) is 3.18. The van der Waals surface area contributed by atoms with Gasteiger partial charge in [0.2, 0.25) is 0 Å². The van der Waals surface area contributed by atoms with E-state index in [0.717, 1.165) is 0 Å². The van der Waals surface area contributed by atoms with E-state index in [2.05, 4.69) is 13.8 Å². The van der Waals surface area contributed by atoms with Crippen molar-refractivity contribution in [3.63, 3.8) is 0 Å². The summed E-state index contributed by atoms with van der Waals surface area (Å²) in [6.07, 6.45) is 5.71. The van der Waals surface area contributed by atoms with Crippen molar-refractivity contribution in [2.75, 3.05) is 0 Å². The van der Waals surface area contributed by atoms with Gasteiger partial charge in [0.25, 0.3) is 0 Å². The molecule has 1 saturated heterocycles. The summed E-state index contributed by atoms with van der Waals surface area (Å²) < 4.78 is 0. The second kappa shape index (κ2) is 5.57. The van der Waals surface area contributed by atoms with E-state index in [4.69, 9.17) is 11.1 Å². The Morgan fingerprint density at radius 2 is 1.54 bits per heavy atom. The summed E-state index contributed by atoms with van der Waals surface area (Å²) in [7, 11) is -1.06. The first-order chi connectivity index (χ1) is 6.22. The third-order valence-electron chi connectivity index (χ3n) is 3.25. The molecule has 1 fully saturated rings. The Kier molecular flexibility index (Phi) is 5.05. The maximum absolute atomic E-state index is 6.23. The van der Waals surface area contributed by atoms with Crippen LogP contribution in [0, 0.1) is 0 Å². The first-order valence-electron chi connectivity index (χ1n) is 5.72. The van der Waals surface area contributed by atoms with Crippen LogP contribution in [0.15, 0.2) is 0 Å². The zero-order valence-electron chi connectivity index (χ0n) is 9.03. The highest BCUT2D eigenvalue weighted by Crippen LogP contribution is 2.42. The van der Waals surface area contributed by atoms with E-state index in [1.165, 1.54) is 37.0 Å². The van der Waals surface area contributed by atoms with Crippen molar-refractivity contribution >= 4 is 27.3 Å². The van der Waals surface area contributed by atoms with Crippen molar-refractivity contribution in [2.45, 2.75) is 63.0 Å². The van der Waals surface area contributed by atoms with Crippen LogP contribution in [-0.4, -0.2) is 16.2 Å². The molecule has 77 valence electrons. The van der Waals surface area contributed by atoms with Gasteiger partial charge in [0.1, 0.15) is 0 Å². The Bertz CT molecular complexity index is 134. The first-order valence-corrected chi connectivity index (χ1v) is 11.5. The van der Waals surface area contributed by atoms with Gasteiger partial charge in [-0.2, -0.15) is 11.1 Å². The van der Waals surface area contributed by atoms with Crippen molar-refractivity contribution in [2.24, 2.45) is 0 Å². The molecule has 0 aromatic heterocycles. The van der Waals surface area contributed by atoms with Crippen LogP contribution in [0.5, 0.6) is 0 Å². The Labute approximate surface area is 90.4 Å². The zero-order valence-corrected chi connectivity index (χ0v) is 11.8. The molecule has 1 heterocycles. The maximum atomic E-state index is 6.23. The molecule has 1 rings (SSSR count). The summed E-state index contributed by atoms with van der Waals surface area (Å²) in [5.74, 6) is 0. The van der Waals surface area contributed by atoms with Crippen molar-refractivity contribution in [3.05, 3.63) is 0 Å². The molecule has 3 heteroatoms. The molecule has 1 aliphatic heterocycles. The molecular weight excluding hydrogens is 212 g/mol. The van der Waals surface area contributed by atoms with Gasteiger partial charge in [-0.25, -0.2) is 0 Å². The molecule has 0 bridgehead atoms. The minimum Gasteiger partial charge on any atom is -0.170 e. The summed E-state index contributed by atoms with van der Waals surface area (Å²) in [6.45, 7) is 4.63. The molecule has 0 saturated carbocycles. The van der Waals surface area contributed by atoms with Gasteiger partial charge < -0.3 is 0 Å². The topological polar surface area (TPSA) is 0 Å². The van der Waals surface area contributed by atoms with Crippen LogP contribution in [0.1, 0.15) is 39.5 Å². The normalized spacial score (nSPS) is 21.5. The highest BCUT2D eigenvalue weighted by atomic mass is 35.6. The first kappa shape index (κ1) is 11.8. The lowest BCUT2D eigenvalue weighted by atomic mass is 10.4. The maximum Gasteiger partial charge on any atom is 0.159 e. The fourth-order valence-electron chi connectivity index (χ4n) is 2.34. The molecule has 0 aliphatic carbocycles. The largest absolute Gasteiger partial charge is 0.170 e. The predicted octanol–water partition coefficient (Wildman–Crippen LogP) is 4.36. The average Bonchev–Trinajstić information content (AvgIpc) is 2.08. The highest BCUT2D eigenvalue weighted by molar-refractivity contribution is 7.25. The number of rotatable bonds is 6. The van der Waals surface area contributed by atoms with Crippen LogP contribution in [0.3, 0.4) is 0 Å². The fourth-order valence-corrected chi connectivity index (χ4v) is 18.8. The second-order valence-corrected chi connectivity index (χ2v) is 14.0. The Morgan fingerprint density at radius 1 is 1.08 bits per heavy atom. The molecule has 0 unspecified atom stereocenters. The predicted molar refractivity (Wildman–Crippen MR) is 66.4 cm³/mol. The van der Waals surface area contributed by atoms with E-state index in [1.54, 1.807) is 12.1 Å². The lowest BCUT2D eigenvalue weighted by molar-refractivity contribution is 0.821. The molecule has 0 amide bonds. The molecule has 0 N–H and O–H groups in total. The van der Waals surface area contributed by atoms with E-state index in [0.29, 0.717) is 0 Å². The van der Waals surface area contributed by atoms with Gasteiger partial charge in [-0.15, -0.1) is 0 Å². The molecular formula is C10H22ClSi2. The Morgan fingerprint density at radius 3 is 1.85 bits per heavy atom. The third kappa shape index (κ3) is 3.41. The van der Waals surface area contributed by atoms with E-state index in [-0.39, 0.29) is 8.11 Å². The summed E-state index contributed by atoms with van der Waals surface area (Å²) in [4.78, 5) is 0. The average molecular weight is 234 g/mol. The van der Waals surface area contributed by atoms with Crippen molar-refractivity contribution in [3.8, 4) is 0 Å². The third-order valence-corrected chi connectivity index (χ3v) is 17.6. The molecule has 0 atom stereocenters. The molecule has 0 aromatic rings. The van der Waals surface area contributed by atoms with Gasteiger partial charge in [0, 0.05) is 0 Å². The molecule has 0 spiro atoms. The lowest BCUT2D eigenvalue weighted by Gasteiger charge is -2.43. The van der Waals surface area contributed by atoms with Crippen LogP contribution in [0.4, 0.5) is 0 Å². The van der Waals surface area contributed by atoms with Crippen molar-refractivity contribution in [1.82, 2.24) is 0 Å². The van der Waals surface area contributed by atoms with E-state index in [1.807, 2.05) is 0 Å². The van der Waals surface area contributed by atoms with Gasteiger partial charge in [-0.1, -0.05) is 51.6 Å². The quantitative estimate of drug-likeness (QED) is 0.473. The van der Waals surface area contributed by atoms with Gasteiger partial charge >= 0.3 is 0 Å². The Balaban J connectivity index is 2.27. The van der Waals surface area contributed by atoms with Crippen molar-refractivity contribution < 1.29 is 0 Å². The smallest absolute Gasteiger partial charge is 0.159 e.